The summed E-state index contributed by atoms with van der Waals surface area (Å²) in [5.41, 5.74) is 2.82. The summed E-state index contributed by atoms with van der Waals surface area (Å²) < 4.78 is 35.3. The predicted octanol–water partition coefficient (Wildman–Crippen LogP) is 5.20. The average molecular weight is 606 g/mol. The molecule has 1 saturated heterocycles. The van der Waals surface area contributed by atoms with Gasteiger partial charge in [0, 0.05) is 56.7 Å². The van der Waals surface area contributed by atoms with E-state index in [9.17, 15) is 13.6 Å². The molecule has 1 aliphatic heterocycles. The minimum Gasteiger partial charge on any atom is -0.378 e. The highest BCUT2D eigenvalue weighted by atomic mass is 19.3. The van der Waals surface area contributed by atoms with Gasteiger partial charge in [0.2, 0.25) is 5.95 Å². The van der Waals surface area contributed by atoms with E-state index in [0.29, 0.717) is 54.9 Å². The highest BCUT2D eigenvalue weighted by Crippen LogP contribution is 2.30. The Hall–Kier alpha value is -4.52. The van der Waals surface area contributed by atoms with Gasteiger partial charge in [0.05, 0.1) is 24.2 Å². The van der Waals surface area contributed by atoms with Gasteiger partial charge in [0.1, 0.15) is 11.6 Å². The summed E-state index contributed by atoms with van der Waals surface area (Å²) in [6, 6.07) is 16.3. The molecule has 11 nitrogen and oxygen atoms in total. The van der Waals surface area contributed by atoms with Gasteiger partial charge in [-0.15, -0.1) is 0 Å². The Balaban J connectivity index is 1.15. The van der Waals surface area contributed by atoms with Crippen molar-refractivity contribution >= 4 is 40.2 Å². The standard InChI is InChI=1S/C31H37F2N9O2/c1-40(2)23-13-11-22(12-14-23)36-31(43)35-21-9-7-20(8-10-21)34-30-38-26(41-15-17-44-18-16-41)19-27(39-30)42-25-6-4-3-5-24(25)37-29(42)28(32)33/h3-6,11-14,19-21,28H,7-10,15-18H2,1-2H3,(H,34,38,39)(H2,35,36,43). The number of alkyl halides is 2. The van der Waals surface area contributed by atoms with Crippen LogP contribution in [0.5, 0.6) is 0 Å². The fourth-order valence-electron chi connectivity index (χ4n) is 5.75. The zero-order valence-corrected chi connectivity index (χ0v) is 24.8. The van der Waals surface area contributed by atoms with Crippen molar-refractivity contribution in [1.82, 2.24) is 24.8 Å². The van der Waals surface area contributed by atoms with Crippen molar-refractivity contribution in [1.29, 1.82) is 0 Å². The van der Waals surface area contributed by atoms with Gasteiger partial charge in [-0.3, -0.25) is 4.57 Å². The highest BCUT2D eigenvalue weighted by Gasteiger charge is 2.26. The number of carbonyl (C=O) groups excluding carboxylic acids is 1. The van der Waals surface area contributed by atoms with Crippen LogP contribution < -0.4 is 25.8 Å². The Bertz CT molecular complexity index is 1580. The van der Waals surface area contributed by atoms with Crippen molar-refractivity contribution in [3.05, 3.63) is 60.4 Å². The number of carbonyl (C=O) groups is 1. The molecular formula is C31H37F2N9O2. The second kappa shape index (κ2) is 13.0. The largest absolute Gasteiger partial charge is 0.378 e. The summed E-state index contributed by atoms with van der Waals surface area (Å²) in [4.78, 5) is 30.4. The molecule has 0 unspecified atom stereocenters. The number of halogens is 2. The fraction of sp³-hybridized carbons (Fsp3) is 0.419. The molecule has 232 valence electrons. The lowest BCUT2D eigenvalue weighted by Crippen LogP contribution is -2.42. The van der Waals surface area contributed by atoms with Crippen molar-refractivity contribution in [2.75, 3.05) is 60.8 Å². The number of aromatic nitrogens is 4. The van der Waals surface area contributed by atoms with E-state index in [-0.39, 0.29) is 23.9 Å². The highest BCUT2D eigenvalue weighted by molar-refractivity contribution is 5.89. The summed E-state index contributed by atoms with van der Waals surface area (Å²) >= 11 is 0. The molecular weight excluding hydrogens is 568 g/mol. The number of anilines is 4. The van der Waals surface area contributed by atoms with Crippen molar-refractivity contribution in [3.8, 4) is 5.82 Å². The molecule has 2 aliphatic rings. The molecule has 2 fully saturated rings. The first-order chi connectivity index (χ1) is 21.3. The lowest BCUT2D eigenvalue weighted by atomic mass is 9.91. The van der Waals surface area contributed by atoms with Crippen LogP contribution in [0.4, 0.5) is 36.7 Å². The number of hydrogen-bond donors (Lipinski definition) is 3. The van der Waals surface area contributed by atoms with E-state index in [2.05, 4.69) is 25.8 Å². The molecule has 2 amide bonds. The van der Waals surface area contributed by atoms with Crippen LogP contribution in [0.25, 0.3) is 16.9 Å². The number of para-hydroxylation sites is 2. The van der Waals surface area contributed by atoms with Crippen molar-refractivity contribution in [3.63, 3.8) is 0 Å². The summed E-state index contributed by atoms with van der Waals surface area (Å²) in [5, 5.41) is 9.45. The number of morpholine rings is 1. The molecule has 3 heterocycles. The van der Waals surface area contributed by atoms with Gasteiger partial charge < -0.3 is 30.5 Å². The molecule has 2 aromatic heterocycles. The summed E-state index contributed by atoms with van der Waals surface area (Å²) in [7, 11) is 3.94. The van der Waals surface area contributed by atoms with E-state index in [1.54, 1.807) is 30.3 Å². The van der Waals surface area contributed by atoms with E-state index in [0.717, 1.165) is 37.1 Å². The van der Waals surface area contributed by atoms with E-state index in [1.807, 2.05) is 43.3 Å². The van der Waals surface area contributed by atoms with Crippen LogP contribution in [-0.2, 0) is 4.74 Å². The first kappa shape index (κ1) is 29.5. The second-order valence-electron chi connectivity index (χ2n) is 11.3. The number of benzene rings is 2. The number of urea groups is 1. The number of fused-ring (bicyclic) bond motifs is 1. The number of imidazole rings is 1. The molecule has 1 aliphatic carbocycles. The van der Waals surface area contributed by atoms with Gasteiger partial charge in [0.15, 0.2) is 5.82 Å². The average Bonchev–Trinajstić information content (AvgIpc) is 3.43. The van der Waals surface area contributed by atoms with Crippen LogP contribution in [-0.4, -0.2) is 78.0 Å². The molecule has 3 N–H and O–H groups in total. The molecule has 2 aromatic carbocycles. The maximum absolute atomic E-state index is 14.2. The van der Waals surface area contributed by atoms with Crippen molar-refractivity contribution in [2.24, 2.45) is 0 Å². The van der Waals surface area contributed by atoms with Gasteiger partial charge in [0.25, 0.3) is 6.43 Å². The Morgan fingerprint density at radius 1 is 0.932 bits per heavy atom. The molecule has 44 heavy (non-hydrogen) atoms. The van der Waals surface area contributed by atoms with Crippen LogP contribution in [0.3, 0.4) is 0 Å². The van der Waals surface area contributed by atoms with Gasteiger partial charge in [-0.1, -0.05) is 12.1 Å². The van der Waals surface area contributed by atoms with Crippen LogP contribution >= 0.6 is 0 Å². The Kier molecular flexibility index (Phi) is 8.73. The third-order valence-corrected chi connectivity index (χ3v) is 8.08. The van der Waals surface area contributed by atoms with Gasteiger partial charge in [-0.25, -0.2) is 18.6 Å². The van der Waals surface area contributed by atoms with E-state index < -0.39 is 6.43 Å². The maximum Gasteiger partial charge on any atom is 0.319 e. The zero-order chi connectivity index (χ0) is 30.6. The Labute approximate surface area is 254 Å². The first-order valence-electron chi connectivity index (χ1n) is 14.9. The van der Waals surface area contributed by atoms with Crippen molar-refractivity contribution in [2.45, 2.75) is 44.2 Å². The SMILES string of the molecule is CN(C)c1ccc(NC(=O)NC2CCC(Nc3nc(N4CCOCC4)cc(-n4c(C(F)F)nc5ccccc54)n3)CC2)cc1. The number of rotatable bonds is 8. The van der Waals surface area contributed by atoms with Gasteiger partial charge >= 0.3 is 6.03 Å². The normalized spacial score (nSPS) is 18.8. The lowest BCUT2D eigenvalue weighted by molar-refractivity contribution is 0.122. The Morgan fingerprint density at radius 3 is 2.32 bits per heavy atom. The summed E-state index contributed by atoms with van der Waals surface area (Å²) in [5.74, 6) is 0.989. The molecule has 13 heteroatoms. The first-order valence-corrected chi connectivity index (χ1v) is 14.9. The van der Waals surface area contributed by atoms with E-state index >= 15 is 0 Å². The van der Waals surface area contributed by atoms with Gasteiger partial charge in [-0.05, 0) is 62.1 Å². The number of amides is 2. The topological polar surface area (TPSA) is 112 Å². The smallest absolute Gasteiger partial charge is 0.319 e. The third kappa shape index (κ3) is 6.67. The monoisotopic (exact) mass is 605 g/mol. The second-order valence-corrected chi connectivity index (χ2v) is 11.3. The van der Waals surface area contributed by atoms with Crippen LogP contribution in [0.2, 0.25) is 0 Å². The molecule has 0 atom stereocenters. The lowest BCUT2D eigenvalue weighted by Gasteiger charge is -2.31. The number of nitrogens with zero attached hydrogens (tertiary/aromatic N) is 6. The molecule has 1 saturated carbocycles. The Morgan fingerprint density at radius 2 is 1.61 bits per heavy atom. The van der Waals surface area contributed by atoms with E-state index in [4.69, 9.17) is 14.7 Å². The number of ether oxygens (including phenoxy) is 1. The van der Waals surface area contributed by atoms with E-state index in [1.165, 1.54) is 4.57 Å². The minimum absolute atomic E-state index is 0.0381. The molecule has 0 radical (unpaired) electrons. The predicted molar refractivity (Wildman–Crippen MR) is 167 cm³/mol. The molecule has 0 spiro atoms. The number of nitrogens with one attached hydrogen (secondary N) is 3. The van der Waals surface area contributed by atoms with Crippen LogP contribution in [0.1, 0.15) is 37.9 Å². The van der Waals surface area contributed by atoms with Crippen molar-refractivity contribution < 1.29 is 18.3 Å². The summed E-state index contributed by atoms with van der Waals surface area (Å²) in [6.07, 6.45) is 0.362. The minimum atomic E-state index is -2.78. The fourth-order valence-corrected chi connectivity index (χ4v) is 5.75. The van der Waals surface area contributed by atoms with Gasteiger partial charge in [-0.2, -0.15) is 9.97 Å². The molecule has 6 rings (SSSR count). The maximum atomic E-state index is 14.2. The summed E-state index contributed by atoms with van der Waals surface area (Å²) in [6.45, 7) is 2.40. The van der Waals surface area contributed by atoms with Crippen LogP contribution in [0, 0.1) is 0 Å². The van der Waals surface area contributed by atoms with Crippen LogP contribution in [0.15, 0.2) is 54.6 Å². The molecule has 0 bridgehead atoms. The quantitative estimate of drug-likeness (QED) is 0.251. The zero-order valence-electron chi connectivity index (χ0n) is 24.8. The third-order valence-electron chi connectivity index (χ3n) is 8.08. The molecule has 4 aromatic rings. The number of hydrogen-bond acceptors (Lipinski definition) is 8.